The molecular formula is C16H15NO4. The summed E-state index contributed by atoms with van der Waals surface area (Å²) < 4.78 is 9.81. The fourth-order valence-corrected chi connectivity index (χ4v) is 1.84. The Kier molecular flexibility index (Phi) is 4.56. The molecule has 0 aliphatic carbocycles. The lowest BCUT2D eigenvalue weighted by Crippen LogP contribution is -2.12. The summed E-state index contributed by atoms with van der Waals surface area (Å²) in [5.41, 5.74) is 1.39. The van der Waals surface area contributed by atoms with Gasteiger partial charge in [-0.1, -0.05) is 18.2 Å². The second-order valence-corrected chi connectivity index (χ2v) is 4.23. The number of esters is 1. The van der Waals surface area contributed by atoms with Crippen LogP contribution in [-0.4, -0.2) is 26.1 Å². The van der Waals surface area contributed by atoms with Gasteiger partial charge in [-0.3, -0.25) is 4.79 Å². The second kappa shape index (κ2) is 6.56. The van der Waals surface area contributed by atoms with Crippen LogP contribution in [0, 0.1) is 0 Å². The lowest BCUT2D eigenvalue weighted by atomic mass is 10.1. The number of hydrogen-bond donors (Lipinski definition) is 1. The van der Waals surface area contributed by atoms with Crippen molar-refractivity contribution in [3.8, 4) is 5.75 Å². The summed E-state index contributed by atoms with van der Waals surface area (Å²) in [5, 5.41) is 2.75. The molecule has 0 spiro atoms. The highest BCUT2D eigenvalue weighted by Gasteiger charge is 2.14. The highest BCUT2D eigenvalue weighted by atomic mass is 16.5. The van der Waals surface area contributed by atoms with Crippen molar-refractivity contribution in [1.82, 2.24) is 0 Å². The fourth-order valence-electron chi connectivity index (χ4n) is 1.84. The van der Waals surface area contributed by atoms with Crippen LogP contribution in [0.25, 0.3) is 0 Å². The quantitative estimate of drug-likeness (QED) is 0.877. The molecule has 21 heavy (non-hydrogen) atoms. The number of ether oxygens (including phenoxy) is 2. The van der Waals surface area contributed by atoms with Crippen molar-refractivity contribution in [3.05, 3.63) is 59.7 Å². The van der Waals surface area contributed by atoms with Gasteiger partial charge < -0.3 is 14.8 Å². The number of rotatable bonds is 4. The Labute approximate surface area is 122 Å². The Morgan fingerprint density at radius 2 is 1.71 bits per heavy atom. The van der Waals surface area contributed by atoms with Gasteiger partial charge >= 0.3 is 5.97 Å². The number of carbonyl (C=O) groups excluding carboxylic acids is 2. The fraction of sp³-hybridized carbons (Fsp3) is 0.125. The summed E-state index contributed by atoms with van der Waals surface area (Å²) in [7, 11) is 2.75. The zero-order valence-electron chi connectivity index (χ0n) is 11.8. The summed E-state index contributed by atoms with van der Waals surface area (Å²) in [6.07, 6.45) is 0. The molecule has 0 aliphatic heterocycles. The van der Waals surface area contributed by atoms with E-state index in [4.69, 9.17) is 4.74 Å². The lowest BCUT2D eigenvalue weighted by Gasteiger charge is -2.10. The topological polar surface area (TPSA) is 64.6 Å². The van der Waals surface area contributed by atoms with Crippen molar-refractivity contribution >= 4 is 17.6 Å². The molecule has 0 saturated heterocycles. The summed E-state index contributed by atoms with van der Waals surface area (Å²) >= 11 is 0. The normalized spacial score (nSPS) is 9.81. The molecule has 2 rings (SSSR count). The predicted molar refractivity (Wildman–Crippen MR) is 78.7 cm³/mol. The van der Waals surface area contributed by atoms with Crippen molar-refractivity contribution in [2.45, 2.75) is 0 Å². The Bertz CT molecular complexity index is 653. The number of carbonyl (C=O) groups is 2. The SMILES string of the molecule is COC(=O)c1ccc(NC(=O)c2ccccc2)cc1OC. The molecule has 0 saturated carbocycles. The molecular weight excluding hydrogens is 270 g/mol. The molecule has 0 fully saturated rings. The van der Waals surface area contributed by atoms with Crippen LogP contribution in [0.3, 0.4) is 0 Å². The van der Waals surface area contributed by atoms with E-state index in [1.807, 2.05) is 6.07 Å². The molecule has 5 heteroatoms. The largest absolute Gasteiger partial charge is 0.496 e. The van der Waals surface area contributed by atoms with Gasteiger partial charge in [-0.2, -0.15) is 0 Å². The first kappa shape index (κ1) is 14.6. The number of hydrogen-bond acceptors (Lipinski definition) is 4. The monoisotopic (exact) mass is 285 g/mol. The molecule has 0 aromatic heterocycles. The third-order valence-corrected chi connectivity index (χ3v) is 2.90. The maximum Gasteiger partial charge on any atom is 0.341 e. The van der Waals surface area contributed by atoms with Crippen LogP contribution in [-0.2, 0) is 4.74 Å². The Balaban J connectivity index is 2.22. The van der Waals surface area contributed by atoms with Crippen molar-refractivity contribution in [2.24, 2.45) is 0 Å². The first-order chi connectivity index (χ1) is 10.2. The van der Waals surface area contributed by atoms with Crippen molar-refractivity contribution in [3.63, 3.8) is 0 Å². The van der Waals surface area contributed by atoms with Crippen LogP contribution < -0.4 is 10.1 Å². The van der Waals surface area contributed by atoms with Gasteiger partial charge in [-0.25, -0.2) is 4.79 Å². The average Bonchev–Trinajstić information content (AvgIpc) is 2.54. The number of nitrogens with one attached hydrogen (secondary N) is 1. The summed E-state index contributed by atoms with van der Waals surface area (Å²) in [6.45, 7) is 0. The van der Waals surface area contributed by atoms with E-state index in [1.165, 1.54) is 14.2 Å². The zero-order valence-corrected chi connectivity index (χ0v) is 11.8. The Morgan fingerprint density at radius 1 is 1.00 bits per heavy atom. The van der Waals surface area contributed by atoms with E-state index in [-0.39, 0.29) is 5.91 Å². The summed E-state index contributed by atoms with van der Waals surface area (Å²) in [5.74, 6) is -0.385. The van der Waals surface area contributed by atoms with Crippen molar-refractivity contribution in [1.29, 1.82) is 0 Å². The van der Waals surface area contributed by atoms with Gasteiger partial charge in [-0.15, -0.1) is 0 Å². The number of methoxy groups -OCH3 is 2. The van der Waals surface area contributed by atoms with E-state index < -0.39 is 5.97 Å². The van der Waals surface area contributed by atoms with E-state index in [1.54, 1.807) is 42.5 Å². The maximum atomic E-state index is 12.0. The van der Waals surface area contributed by atoms with E-state index in [0.717, 1.165) is 0 Å². The molecule has 108 valence electrons. The molecule has 0 aliphatic rings. The predicted octanol–water partition coefficient (Wildman–Crippen LogP) is 2.73. The van der Waals surface area contributed by atoms with Gasteiger partial charge in [0.25, 0.3) is 5.91 Å². The molecule has 2 aromatic carbocycles. The van der Waals surface area contributed by atoms with Gasteiger partial charge in [0.15, 0.2) is 0 Å². The molecule has 0 bridgehead atoms. The van der Waals surface area contributed by atoms with Gasteiger partial charge in [0.1, 0.15) is 11.3 Å². The van der Waals surface area contributed by atoms with E-state index in [2.05, 4.69) is 10.1 Å². The highest BCUT2D eigenvalue weighted by Crippen LogP contribution is 2.24. The lowest BCUT2D eigenvalue weighted by molar-refractivity contribution is 0.0597. The molecule has 0 radical (unpaired) electrons. The second-order valence-electron chi connectivity index (χ2n) is 4.23. The highest BCUT2D eigenvalue weighted by molar-refractivity contribution is 6.04. The van der Waals surface area contributed by atoms with Gasteiger partial charge in [0.2, 0.25) is 0 Å². The molecule has 0 atom stereocenters. The average molecular weight is 285 g/mol. The third-order valence-electron chi connectivity index (χ3n) is 2.90. The van der Waals surface area contributed by atoms with Crippen LogP contribution >= 0.6 is 0 Å². The molecule has 2 aromatic rings. The van der Waals surface area contributed by atoms with Crippen LogP contribution in [0.4, 0.5) is 5.69 Å². The zero-order chi connectivity index (χ0) is 15.2. The Morgan fingerprint density at radius 3 is 2.33 bits per heavy atom. The van der Waals surface area contributed by atoms with Crippen LogP contribution in [0.2, 0.25) is 0 Å². The van der Waals surface area contributed by atoms with Gasteiger partial charge in [-0.05, 0) is 24.3 Å². The molecule has 0 unspecified atom stereocenters. The van der Waals surface area contributed by atoms with E-state index in [0.29, 0.717) is 22.6 Å². The number of benzene rings is 2. The van der Waals surface area contributed by atoms with Gasteiger partial charge in [0, 0.05) is 17.3 Å². The minimum absolute atomic E-state index is 0.233. The summed E-state index contributed by atoms with van der Waals surface area (Å²) in [4.78, 5) is 23.6. The smallest absolute Gasteiger partial charge is 0.341 e. The number of amides is 1. The van der Waals surface area contributed by atoms with Crippen molar-refractivity contribution < 1.29 is 19.1 Å². The number of anilines is 1. The molecule has 5 nitrogen and oxygen atoms in total. The maximum absolute atomic E-state index is 12.0. The first-order valence-corrected chi connectivity index (χ1v) is 6.28. The van der Waals surface area contributed by atoms with Gasteiger partial charge in [0.05, 0.1) is 14.2 Å². The molecule has 1 amide bonds. The van der Waals surface area contributed by atoms with Crippen LogP contribution in [0.5, 0.6) is 5.75 Å². The Hall–Kier alpha value is -2.82. The van der Waals surface area contributed by atoms with Crippen LogP contribution in [0.15, 0.2) is 48.5 Å². The minimum atomic E-state index is -0.493. The summed E-state index contributed by atoms with van der Waals surface area (Å²) in [6, 6.07) is 13.6. The standard InChI is InChI=1S/C16H15NO4/c1-20-14-10-12(8-9-13(14)16(19)21-2)17-15(18)11-6-4-3-5-7-11/h3-10H,1-2H3,(H,17,18). The van der Waals surface area contributed by atoms with Crippen LogP contribution in [0.1, 0.15) is 20.7 Å². The first-order valence-electron chi connectivity index (χ1n) is 6.28. The molecule has 1 N–H and O–H groups in total. The van der Waals surface area contributed by atoms with E-state index >= 15 is 0 Å². The minimum Gasteiger partial charge on any atom is -0.496 e. The van der Waals surface area contributed by atoms with Crippen molar-refractivity contribution in [2.75, 3.05) is 19.5 Å². The van der Waals surface area contributed by atoms with E-state index in [9.17, 15) is 9.59 Å². The third kappa shape index (κ3) is 3.39. The molecule has 0 heterocycles.